The van der Waals surface area contributed by atoms with E-state index in [-0.39, 0.29) is 34.7 Å². The Morgan fingerprint density at radius 2 is 0.680 bits per heavy atom. The van der Waals surface area contributed by atoms with Crippen molar-refractivity contribution >= 4 is 39.8 Å². The Kier molecular flexibility index (Phi) is 19.4. The molecule has 0 nitrogen and oxygen atoms in total. The molecule has 2 aliphatic carbocycles. The van der Waals surface area contributed by atoms with Crippen molar-refractivity contribution in [1.82, 2.24) is 0 Å². The quantitative estimate of drug-likeness (QED) is 0.291. The zero-order valence-corrected chi connectivity index (χ0v) is 22.7. The standard InChI is InChI=1S/2C9H13.2Cr.P5/c2*1-9(2,3)8-6-4-5-7-8;;;1-2-4-5-3-1/h2*4-7H,1-3H3;;;. The van der Waals surface area contributed by atoms with Gasteiger partial charge in [0.1, 0.15) is 0 Å². The van der Waals surface area contributed by atoms with E-state index in [1.54, 1.807) is 39.8 Å². The van der Waals surface area contributed by atoms with Crippen molar-refractivity contribution < 1.29 is 34.7 Å². The van der Waals surface area contributed by atoms with Crippen molar-refractivity contribution in [1.29, 1.82) is 0 Å². The fraction of sp³-hybridized carbons (Fsp3) is 0.444. The van der Waals surface area contributed by atoms with E-state index in [0.29, 0.717) is 10.8 Å². The van der Waals surface area contributed by atoms with Crippen LogP contribution in [-0.2, 0) is 34.7 Å². The molecular formula is C18H26Cr2P5. The monoisotopic (exact) mass is 501 g/mol. The van der Waals surface area contributed by atoms with Crippen molar-refractivity contribution in [3.63, 3.8) is 0 Å². The van der Waals surface area contributed by atoms with Crippen molar-refractivity contribution in [3.05, 3.63) is 63.2 Å². The van der Waals surface area contributed by atoms with Crippen LogP contribution in [0, 0.1) is 74.0 Å². The molecule has 0 aromatic heterocycles. The summed E-state index contributed by atoms with van der Waals surface area (Å²) in [6, 6.07) is 0. The van der Waals surface area contributed by atoms with Crippen LogP contribution in [0.2, 0.25) is 0 Å². The molecule has 0 aromatic rings. The molecule has 0 atom stereocenters. The largest absolute Gasteiger partial charge is 0.0596 e. The zero-order chi connectivity index (χ0) is 17.3. The first-order chi connectivity index (χ1) is 10.7. The van der Waals surface area contributed by atoms with Crippen LogP contribution >= 0.6 is 39.8 Å². The van der Waals surface area contributed by atoms with E-state index in [0.717, 1.165) is 0 Å². The van der Waals surface area contributed by atoms with Gasteiger partial charge in [-0.2, -0.15) is 0 Å². The summed E-state index contributed by atoms with van der Waals surface area (Å²) in [4.78, 5) is 0. The minimum Gasteiger partial charge on any atom is -0.0596 e. The molecule has 1 heterocycles. The van der Waals surface area contributed by atoms with Gasteiger partial charge in [-0.3, -0.25) is 0 Å². The molecule has 7 heteroatoms. The van der Waals surface area contributed by atoms with Crippen LogP contribution < -0.4 is 0 Å². The minimum atomic E-state index is 0. The van der Waals surface area contributed by atoms with Gasteiger partial charge in [0, 0.05) is 74.5 Å². The van der Waals surface area contributed by atoms with Crippen LogP contribution in [0.25, 0.3) is 0 Å². The first-order valence-corrected chi connectivity index (χ1v) is 15.7. The molecular weight excluding hydrogens is 475 g/mol. The molecule has 1 saturated heterocycles. The van der Waals surface area contributed by atoms with E-state index < -0.39 is 0 Å². The van der Waals surface area contributed by atoms with Gasteiger partial charge in [0.15, 0.2) is 0 Å². The van der Waals surface area contributed by atoms with Gasteiger partial charge in [0.05, 0.1) is 0 Å². The number of hydrogen-bond donors (Lipinski definition) is 0. The third-order valence-corrected chi connectivity index (χ3v) is 19.3. The minimum absolute atomic E-state index is 0. The fourth-order valence-electron chi connectivity index (χ4n) is 1.84. The van der Waals surface area contributed by atoms with Crippen molar-refractivity contribution in [2.75, 3.05) is 0 Å². The van der Waals surface area contributed by atoms with E-state index in [4.69, 9.17) is 0 Å². The molecule has 1 aliphatic heterocycles. The summed E-state index contributed by atoms with van der Waals surface area (Å²) in [6.45, 7) is 13.3. The summed E-state index contributed by atoms with van der Waals surface area (Å²) in [5, 5.41) is 0. The summed E-state index contributed by atoms with van der Waals surface area (Å²) < 4.78 is 0. The maximum Gasteiger partial charge on any atom is 0 e. The van der Waals surface area contributed by atoms with Gasteiger partial charge >= 0.3 is 0 Å². The molecule has 0 unspecified atom stereocenters. The number of rotatable bonds is 0. The molecule has 3 aliphatic rings. The topological polar surface area (TPSA) is 0 Å². The molecule has 25 heavy (non-hydrogen) atoms. The van der Waals surface area contributed by atoms with E-state index in [1.807, 2.05) is 0 Å². The molecule has 0 aromatic carbocycles. The molecule has 0 bridgehead atoms. The summed E-state index contributed by atoms with van der Waals surface area (Å²) in [7, 11) is 8.06. The van der Waals surface area contributed by atoms with Gasteiger partial charge in [-0.25, -0.2) is 0 Å². The van der Waals surface area contributed by atoms with E-state index in [2.05, 4.69) is 92.9 Å². The Morgan fingerprint density at radius 3 is 0.800 bits per heavy atom. The van der Waals surface area contributed by atoms with Crippen LogP contribution in [0.1, 0.15) is 41.5 Å². The Morgan fingerprint density at radius 1 is 0.480 bits per heavy atom. The first-order valence-electron chi connectivity index (χ1n) is 7.65. The third kappa shape index (κ3) is 14.8. The van der Waals surface area contributed by atoms with E-state index >= 15 is 0 Å². The summed E-state index contributed by atoms with van der Waals surface area (Å²) in [5.41, 5.74) is 0.646. The number of hydrogen-bond acceptors (Lipinski definition) is 0. The predicted molar refractivity (Wildman–Crippen MR) is 114 cm³/mol. The second-order valence-electron chi connectivity index (χ2n) is 7.29. The Balaban J connectivity index is 0. The van der Waals surface area contributed by atoms with Crippen LogP contribution in [0.4, 0.5) is 0 Å². The maximum atomic E-state index is 2.22. The SMILES string of the molecule is CC(C)(C)[C]1[CH][CH][CH][CH]1.CC(C)(C)[C]1[CH][CH][CH][CH]1.[Cr].[Cr].[P]1[P][P][P][P]1. The summed E-state index contributed by atoms with van der Waals surface area (Å²) in [6.07, 6.45) is 17.0. The molecule has 3 rings (SSSR count). The molecule has 3 fully saturated rings. The Hall–Kier alpha value is 3.21. The molecule has 15 radical (unpaired) electrons. The van der Waals surface area contributed by atoms with Gasteiger partial charge in [-0.15, -0.1) is 0 Å². The summed E-state index contributed by atoms with van der Waals surface area (Å²) in [5.74, 6) is 2.84. The van der Waals surface area contributed by atoms with Crippen molar-refractivity contribution in [3.8, 4) is 0 Å². The Labute approximate surface area is 189 Å². The second-order valence-corrected chi connectivity index (χ2v) is 18.9. The van der Waals surface area contributed by atoms with E-state index in [9.17, 15) is 0 Å². The third-order valence-electron chi connectivity index (χ3n) is 3.26. The van der Waals surface area contributed by atoms with E-state index in [1.165, 1.54) is 11.8 Å². The Bertz CT molecular complexity index is 266. The fourth-order valence-corrected chi connectivity index (χ4v) is 23.5. The second kappa shape index (κ2) is 16.0. The van der Waals surface area contributed by atoms with Gasteiger partial charge in [0.2, 0.25) is 0 Å². The maximum absolute atomic E-state index is 2.22. The molecule has 0 N–H and O–H groups in total. The first kappa shape index (κ1) is 30.4. The summed E-state index contributed by atoms with van der Waals surface area (Å²) >= 11 is 0. The van der Waals surface area contributed by atoms with Crippen LogP contribution in [-0.4, -0.2) is 0 Å². The smallest absolute Gasteiger partial charge is 0 e. The molecule has 0 spiro atoms. The molecule has 0 amide bonds. The van der Waals surface area contributed by atoms with Gasteiger partial charge in [0.25, 0.3) is 0 Å². The average molecular weight is 501 g/mol. The van der Waals surface area contributed by atoms with Crippen LogP contribution in [0.5, 0.6) is 0 Å². The predicted octanol–water partition coefficient (Wildman–Crippen LogP) is 9.18. The zero-order valence-electron chi connectivity index (χ0n) is 15.7. The molecule has 2 saturated carbocycles. The average Bonchev–Trinajstić information content (AvgIpc) is 3.22. The van der Waals surface area contributed by atoms with Crippen LogP contribution in [0.15, 0.2) is 0 Å². The van der Waals surface area contributed by atoms with Crippen molar-refractivity contribution in [2.24, 2.45) is 10.8 Å². The van der Waals surface area contributed by atoms with Crippen molar-refractivity contribution in [2.45, 2.75) is 41.5 Å². The molecule has 135 valence electrons. The van der Waals surface area contributed by atoms with Crippen LogP contribution in [0.3, 0.4) is 0 Å². The van der Waals surface area contributed by atoms with Gasteiger partial charge < -0.3 is 0 Å². The van der Waals surface area contributed by atoms with Gasteiger partial charge in [-0.05, 0) is 74.0 Å². The van der Waals surface area contributed by atoms with Gasteiger partial charge in [-0.1, -0.05) is 41.5 Å². The normalized spacial score (nSPS) is 26.2.